The van der Waals surface area contributed by atoms with Crippen LogP contribution < -0.4 is 25.4 Å². The molecule has 4 aromatic carbocycles. The number of nitro benzene ring substituents is 4. The molecule has 1 aliphatic heterocycles. The number of hydrogen-bond acceptors (Lipinski definition) is 18. The number of aliphatic carboxylic acids is 1. The van der Waals surface area contributed by atoms with Gasteiger partial charge in [-0.15, -0.1) is 0 Å². The molecule has 0 aliphatic carbocycles. The van der Waals surface area contributed by atoms with E-state index in [9.17, 15) is 59.9 Å². The second kappa shape index (κ2) is 23.5. The van der Waals surface area contributed by atoms with Crippen molar-refractivity contribution in [3.63, 3.8) is 0 Å². The topological polar surface area (TPSA) is 335 Å². The van der Waals surface area contributed by atoms with Gasteiger partial charge in [0.1, 0.15) is 30.4 Å². The third-order valence-electron chi connectivity index (χ3n) is 10.3. The number of nitrogens with one attached hydrogen (secondary N) is 3. The lowest BCUT2D eigenvalue weighted by molar-refractivity contribution is -0.386. The molecule has 356 valence electrons. The van der Waals surface area contributed by atoms with E-state index in [-0.39, 0.29) is 57.4 Å². The standard InChI is InChI=1S/C42H45N7O18/c1-24(50)44-38-40(66-22-27-12-6-9-15-32(27)48(58)59)39(65-21-26-11-5-8-14-31(26)47(56)57)36(23-64-20-25-10-4-7-13-30(25)46(54)55)67-41(38)45-37(51)17-29(42(52)53)43-19-28-16-34(62-2)35(63-3)18-33(28)49(60)61/h4-16,18,29,36,38-41,43H,17,19-23H2,1-3H3,(H,44,50)(H,45,51)(H,52,53)/t29?,36-,38-,39-,40-,41-/m1/s1. The van der Waals surface area contributed by atoms with Crippen molar-refractivity contribution in [1.82, 2.24) is 16.0 Å². The van der Waals surface area contributed by atoms with Gasteiger partial charge in [-0.3, -0.25) is 60.2 Å². The Bertz CT molecular complexity index is 2470. The minimum atomic E-state index is -1.68. The second-order valence-electron chi connectivity index (χ2n) is 14.7. The third-order valence-corrected chi connectivity index (χ3v) is 10.3. The van der Waals surface area contributed by atoms with Gasteiger partial charge in [-0.1, -0.05) is 36.4 Å². The molecule has 25 heteroatoms. The van der Waals surface area contributed by atoms with Crippen LogP contribution in [0.15, 0.2) is 84.9 Å². The van der Waals surface area contributed by atoms with Crippen LogP contribution in [0.4, 0.5) is 22.7 Å². The molecular formula is C42H45N7O18. The zero-order valence-electron chi connectivity index (χ0n) is 36.0. The van der Waals surface area contributed by atoms with Gasteiger partial charge < -0.3 is 44.2 Å². The molecule has 0 aromatic heterocycles. The largest absolute Gasteiger partial charge is 0.493 e. The number of nitrogens with zero attached hydrogens (tertiary/aromatic N) is 4. The van der Waals surface area contributed by atoms with Gasteiger partial charge in [-0.2, -0.15) is 0 Å². The van der Waals surface area contributed by atoms with Gasteiger partial charge in [-0.05, 0) is 24.3 Å². The summed E-state index contributed by atoms with van der Waals surface area (Å²) < 4.78 is 35.3. The number of carbonyl (C=O) groups is 3. The van der Waals surface area contributed by atoms with E-state index in [4.69, 9.17) is 28.4 Å². The number of methoxy groups -OCH3 is 2. The molecule has 25 nitrogen and oxygen atoms in total. The molecule has 2 amide bonds. The fourth-order valence-electron chi connectivity index (χ4n) is 7.18. The van der Waals surface area contributed by atoms with Crippen molar-refractivity contribution in [2.75, 3.05) is 20.8 Å². The highest BCUT2D eigenvalue weighted by atomic mass is 16.6. The second-order valence-corrected chi connectivity index (χ2v) is 14.7. The van der Waals surface area contributed by atoms with Gasteiger partial charge in [0.05, 0.1) is 89.5 Å². The Balaban J connectivity index is 1.50. The molecule has 4 N–H and O–H groups in total. The monoisotopic (exact) mass is 935 g/mol. The molecular weight excluding hydrogens is 890 g/mol. The number of nitro groups is 4. The van der Waals surface area contributed by atoms with Gasteiger partial charge in [0.25, 0.3) is 22.7 Å². The lowest BCUT2D eigenvalue weighted by atomic mass is 9.94. The SMILES string of the molecule is COc1cc(CNC(CC(=O)N[C@@H]2O[C@H](COCc3ccccc3[N+](=O)[O-])[C@@H](OCc3ccccc3[N+](=O)[O-])[C@H](OCc3ccccc3[N+](=O)[O-])[C@H]2NC(C)=O)C(=O)O)c([N+](=O)[O-])cc1OC. The number of carbonyl (C=O) groups excluding carboxylic acids is 2. The highest BCUT2D eigenvalue weighted by Gasteiger charge is 2.49. The molecule has 1 unspecified atom stereocenters. The molecule has 5 rings (SSSR count). The molecule has 6 atom stereocenters. The summed E-state index contributed by atoms with van der Waals surface area (Å²) in [5, 5.41) is 65.6. The molecule has 1 saturated heterocycles. The highest BCUT2D eigenvalue weighted by molar-refractivity contribution is 5.84. The Kier molecular flexibility index (Phi) is 17.6. The van der Waals surface area contributed by atoms with Crippen LogP contribution in [0.1, 0.15) is 35.6 Å². The summed E-state index contributed by atoms with van der Waals surface area (Å²) in [5.41, 5.74) is -1.02. The van der Waals surface area contributed by atoms with E-state index in [0.717, 1.165) is 13.0 Å². The van der Waals surface area contributed by atoms with E-state index in [1.165, 1.54) is 87.0 Å². The van der Waals surface area contributed by atoms with Crippen LogP contribution in [-0.2, 0) is 59.7 Å². The Morgan fingerprint density at radius 3 is 1.63 bits per heavy atom. The van der Waals surface area contributed by atoms with Crippen molar-refractivity contribution >= 4 is 40.5 Å². The van der Waals surface area contributed by atoms with Crippen molar-refractivity contribution in [2.24, 2.45) is 0 Å². The number of amides is 2. The first-order valence-electron chi connectivity index (χ1n) is 20.1. The molecule has 1 fully saturated rings. The van der Waals surface area contributed by atoms with Crippen LogP contribution in [0.3, 0.4) is 0 Å². The molecule has 0 spiro atoms. The quantitative estimate of drug-likeness (QED) is 0.0569. The minimum Gasteiger partial charge on any atom is -0.493 e. The zero-order chi connectivity index (χ0) is 48.8. The lowest BCUT2D eigenvalue weighted by Crippen LogP contribution is -2.69. The summed E-state index contributed by atoms with van der Waals surface area (Å²) in [6.07, 6.45) is -6.61. The first kappa shape index (κ1) is 50.3. The number of benzene rings is 4. The summed E-state index contributed by atoms with van der Waals surface area (Å²) in [6, 6.07) is 16.2. The number of hydrogen-bond donors (Lipinski definition) is 4. The molecule has 1 aliphatic rings. The number of rotatable bonds is 24. The summed E-state index contributed by atoms with van der Waals surface area (Å²) >= 11 is 0. The average Bonchev–Trinajstić information content (AvgIpc) is 3.29. The Morgan fingerprint density at radius 2 is 1.15 bits per heavy atom. The predicted octanol–water partition coefficient (Wildman–Crippen LogP) is 4.00. The van der Waals surface area contributed by atoms with Crippen LogP contribution in [0.2, 0.25) is 0 Å². The Labute approximate surface area is 379 Å². The summed E-state index contributed by atoms with van der Waals surface area (Å²) in [7, 11) is 2.57. The van der Waals surface area contributed by atoms with Gasteiger partial charge in [0.15, 0.2) is 17.7 Å². The van der Waals surface area contributed by atoms with Crippen molar-refractivity contribution in [1.29, 1.82) is 0 Å². The van der Waals surface area contributed by atoms with Crippen LogP contribution >= 0.6 is 0 Å². The highest BCUT2D eigenvalue weighted by Crippen LogP contribution is 2.35. The Morgan fingerprint density at radius 1 is 0.672 bits per heavy atom. The van der Waals surface area contributed by atoms with Gasteiger partial charge in [0, 0.05) is 37.2 Å². The van der Waals surface area contributed by atoms with Gasteiger partial charge in [-0.25, -0.2) is 0 Å². The zero-order valence-corrected chi connectivity index (χ0v) is 36.0. The number of carboxylic acid groups (broad SMARTS) is 1. The maximum Gasteiger partial charge on any atom is 0.321 e. The smallest absolute Gasteiger partial charge is 0.321 e. The van der Waals surface area contributed by atoms with Crippen molar-refractivity contribution in [2.45, 2.75) is 76.3 Å². The minimum absolute atomic E-state index is 0.00941. The van der Waals surface area contributed by atoms with Gasteiger partial charge in [0.2, 0.25) is 11.8 Å². The maximum absolute atomic E-state index is 13.9. The molecule has 67 heavy (non-hydrogen) atoms. The average molecular weight is 936 g/mol. The van der Waals surface area contributed by atoms with E-state index in [1.54, 1.807) is 6.07 Å². The number of carboxylic acids is 1. The number of ether oxygens (including phenoxy) is 6. The van der Waals surface area contributed by atoms with E-state index in [1.807, 2.05) is 0 Å². The fraction of sp³-hybridized carbons (Fsp3) is 0.357. The van der Waals surface area contributed by atoms with E-state index in [0.29, 0.717) is 0 Å². The molecule has 4 aromatic rings. The summed E-state index contributed by atoms with van der Waals surface area (Å²) in [5.74, 6) is -3.07. The molecule has 0 saturated carbocycles. The number of para-hydroxylation sites is 3. The predicted molar refractivity (Wildman–Crippen MR) is 230 cm³/mol. The summed E-state index contributed by atoms with van der Waals surface area (Å²) in [4.78, 5) is 84.3. The van der Waals surface area contributed by atoms with Crippen LogP contribution in [0.5, 0.6) is 11.5 Å². The Hall–Kier alpha value is -7.71. The molecule has 0 bridgehead atoms. The first-order valence-corrected chi connectivity index (χ1v) is 20.1. The van der Waals surface area contributed by atoms with Crippen molar-refractivity contribution in [3.05, 3.63) is 148 Å². The normalized spacial score (nSPS) is 18.2. The molecule has 0 radical (unpaired) electrons. The maximum atomic E-state index is 13.9. The van der Waals surface area contributed by atoms with E-state index < -0.39 is 113 Å². The first-order chi connectivity index (χ1) is 32.0. The van der Waals surface area contributed by atoms with E-state index in [2.05, 4.69) is 16.0 Å². The van der Waals surface area contributed by atoms with E-state index >= 15 is 0 Å². The van der Waals surface area contributed by atoms with Crippen LogP contribution in [-0.4, -0.2) is 100 Å². The lowest BCUT2D eigenvalue weighted by Gasteiger charge is -2.46. The summed E-state index contributed by atoms with van der Waals surface area (Å²) in [6.45, 7) is -1.10. The fourth-order valence-corrected chi connectivity index (χ4v) is 7.18. The van der Waals surface area contributed by atoms with Crippen molar-refractivity contribution < 1.29 is 67.6 Å². The third kappa shape index (κ3) is 13.2. The van der Waals surface area contributed by atoms with Crippen molar-refractivity contribution in [3.8, 4) is 11.5 Å². The van der Waals surface area contributed by atoms with Gasteiger partial charge >= 0.3 is 5.97 Å². The van der Waals surface area contributed by atoms with Crippen LogP contribution in [0.25, 0.3) is 0 Å². The van der Waals surface area contributed by atoms with Crippen LogP contribution in [0, 0.1) is 40.5 Å². The molecule has 1 heterocycles.